The lowest BCUT2D eigenvalue weighted by Crippen LogP contribution is -2.37. The molecule has 1 N–H and O–H groups in total. The number of carbonyl (C=O) groups is 1. The van der Waals surface area contributed by atoms with Crippen molar-refractivity contribution >= 4 is 23.2 Å². The van der Waals surface area contributed by atoms with E-state index in [0.29, 0.717) is 42.4 Å². The van der Waals surface area contributed by atoms with Gasteiger partial charge in [0.05, 0.1) is 23.4 Å². The monoisotopic (exact) mass is 611 g/mol. The van der Waals surface area contributed by atoms with Gasteiger partial charge in [-0.3, -0.25) is 4.79 Å². The van der Waals surface area contributed by atoms with Crippen LogP contribution in [0.15, 0.2) is 97.3 Å². The molecule has 0 saturated heterocycles. The Bertz CT molecular complexity index is 1630. The Morgan fingerprint density at radius 2 is 1.70 bits per heavy atom. The number of rotatable bonds is 12. The van der Waals surface area contributed by atoms with Crippen LogP contribution in [0, 0.1) is 6.92 Å². The number of carbonyl (C=O) groups excluding carboxylic acids is 1. The number of nitrogens with one attached hydrogen (secondary N) is 1. The van der Waals surface area contributed by atoms with Crippen LogP contribution in [-0.4, -0.2) is 34.0 Å². The smallest absolute Gasteiger partial charge is 0.251 e. The van der Waals surface area contributed by atoms with Crippen molar-refractivity contribution in [2.75, 3.05) is 6.61 Å². The number of ether oxygens (including phenoxy) is 2. The van der Waals surface area contributed by atoms with E-state index in [2.05, 4.69) is 42.6 Å². The molecular weight excluding hydrogens is 570 g/mol. The standard InChI is InChI=1S/C35H36ClN3O3.C2H6/c1-24(2)42-33-16-15-29(21-31(33)36)35(40)37-30(17-19-41-23-27-9-5-4-6-10-27)20-26-11-13-28(14-12-26)32-22-39-18-7-8-25(3)34(39)38-32;1-2/h4-16,18,21-22,24,30H,17,19-20,23H2,1-3H3,(H,37,40);1-2H3/t30-;/m1./s1. The zero-order chi connectivity index (χ0) is 31.5. The van der Waals surface area contributed by atoms with Crippen LogP contribution in [0.25, 0.3) is 16.9 Å². The first kappa shape index (κ1) is 32.8. The Labute approximate surface area is 266 Å². The van der Waals surface area contributed by atoms with Crippen molar-refractivity contribution in [3.63, 3.8) is 0 Å². The van der Waals surface area contributed by atoms with Gasteiger partial charge in [-0.15, -0.1) is 0 Å². The van der Waals surface area contributed by atoms with Gasteiger partial charge in [0, 0.05) is 36.2 Å². The van der Waals surface area contributed by atoms with Gasteiger partial charge in [0.1, 0.15) is 11.4 Å². The highest BCUT2D eigenvalue weighted by Gasteiger charge is 2.17. The Balaban J connectivity index is 0.00000216. The number of hydrogen-bond acceptors (Lipinski definition) is 4. The Morgan fingerprint density at radius 1 is 0.955 bits per heavy atom. The molecule has 7 heteroatoms. The van der Waals surface area contributed by atoms with E-state index in [1.165, 1.54) is 0 Å². The fraction of sp³-hybridized carbons (Fsp3) is 0.297. The average molecular weight is 612 g/mol. The molecule has 0 radical (unpaired) electrons. The van der Waals surface area contributed by atoms with Crippen LogP contribution < -0.4 is 10.1 Å². The summed E-state index contributed by atoms with van der Waals surface area (Å²) in [6, 6.07) is 27.6. The summed E-state index contributed by atoms with van der Waals surface area (Å²) in [6.07, 6.45) is 5.37. The third kappa shape index (κ3) is 8.94. The van der Waals surface area contributed by atoms with E-state index in [4.69, 9.17) is 26.1 Å². The number of benzene rings is 3. The third-order valence-corrected chi connectivity index (χ3v) is 7.32. The summed E-state index contributed by atoms with van der Waals surface area (Å²) in [5.41, 5.74) is 6.79. The van der Waals surface area contributed by atoms with Crippen molar-refractivity contribution in [2.24, 2.45) is 0 Å². The van der Waals surface area contributed by atoms with Crippen LogP contribution in [0.1, 0.15) is 61.2 Å². The fourth-order valence-corrected chi connectivity index (χ4v) is 5.09. The van der Waals surface area contributed by atoms with Crippen molar-refractivity contribution in [1.29, 1.82) is 0 Å². The van der Waals surface area contributed by atoms with Gasteiger partial charge in [0.15, 0.2) is 0 Å². The van der Waals surface area contributed by atoms with Gasteiger partial charge in [-0.05, 0) is 74.6 Å². The number of aromatic nitrogens is 2. The maximum Gasteiger partial charge on any atom is 0.251 e. The first-order valence-electron chi connectivity index (χ1n) is 15.3. The second-order valence-electron chi connectivity index (χ2n) is 10.8. The van der Waals surface area contributed by atoms with Crippen molar-refractivity contribution < 1.29 is 14.3 Å². The number of halogens is 1. The summed E-state index contributed by atoms with van der Waals surface area (Å²) in [6.45, 7) is 11.0. The first-order chi connectivity index (χ1) is 21.4. The molecule has 0 bridgehead atoms. The molecule has 1 amide bonds. The Hall–Kier alpha value is -4.13. The largest absolute Gasteiger partial charge is 0.489 e. The van der Waals surface area contributed by atoms with Crippen molar-refractivity contribution in [3.8, 4) is 17.0 Å². The summed E-state index contributed by atoms with van der Waals surface area (Å²) >= 11 is 6.41. The number of amides is 1. The van der Waals surface area contributed by atoms with E-state index < -0.39 is 0 Å². The van der Waals surface area contributed by atoms with Gasteiger partial charge in [-0.1, -0.05) is 86.1 Å². The van der Waals surface area contributed by atoms with Gasteiger partial charge < -0.3 is 19.2 Å². The molecule has 0 aliphatic heterocycles. The second-order valence-corrected chi connectivity index (χ2v) is 11.2. The van der Waals surface area contributed by atoms with Gasteiger partial charge >= 0.3 is 0 Å². The molecule has 0 fully saturated rings. The van der Waals surface area contributed by atoms with E-state index in [0.717, 1.165) is 33.6 Å². The molecule has 0 aliphatic carbocycles. The predicted molar refractivity (Wildman–Crippen MR) is 180 cm³/mol. The molecule has 1 atom stereocenters. The molecule has 5 rings (SSSR count). The summed E-state index contributed by atoms with van der Waals surface area (Å²) in [5.74, 6) is 0.382. The first-order valence-corrected chi connectivity index (χ1v) is 15.7. The molecule has 230 valence electrons. The molecule has 0 spiro atoms. The minimum atomic E-state index is -0.183. The Morgan fingerprint density at radius 3 is 2.39 bits per heavy atom. The summed E-state index contributed by atoms with van der Waals surface area (Å²) in [5, 5.41) is 3.62. The maximum atomic E-state index is 13.3. The maximum absolute atomic E-state index is 13.3. The van der Waals surface area contributed by atoms with Crippen molar-refractivity contribution in [1.82, 2.24) is 14.7 Å². The quantitative estimate of drug-likeness (QED) is 0.143. The summed E-state index contributed by atoms with van der Waals surface area (Å²) in [4.78, 5) is 18.1. The molecule has 0 unspecified atom stereocenters. The van der Waals surface area contributed by atoms with Crippen LogP contribution >= 0.6 is 11.6 Å². The zero-order valence-electron chi connectivity index (χ0n) is 26.2. The molecule has 2 heterocycles. The fourth-order valence-electron chi connectivity index (χ4n) is 4.86. The number of fused-ring (bicyclic) bond motifs is 1. The molecule has 2 aromatic heterocycles. The van der Waals surface area contributed by atoms with Crippen molar-refractivity contribution in [3.05, 3.63) is 125 Å². The highest BCUT2D eigenvalue weighted by atomic mass is 35.5. The minimum absolute atomic E-state index is 0.00865. The number of imidazole rings is 1. The van der Waals surface area contributed by atoms with Crippen LogP contribution in [-0.2, 0) is 17.8 Å². The molecule has 3 aromatic carbocycles. The average Bonchev–Trinajstić information content (AvgIpc) is 3.48. The topological polar surface area (TPSA) is 64.9 Å². The molecular formula is C37H42ClN3O3. The van der Waals surface area contributed by atoms with Crippen LogP contribution in [0.3, 0.4) is 0 Å². The van der Waals surface area contributed by atoms with Crippen molar-refractivity contribution in [2.45, 2.75) is 66.2 Å². The van der Waals surface area contributed by atoms with E-state index in [1.54, 1.807) is 18.2 Å². The number of aryl methyl sites for hydroxylation is 1. The Kier molecular flexibility index (Phi) is 12.0. The highest BCUT2D eigenvalue weighted by Crippen LogP contribution is 2.27. The summed E-state index contributed by atoms with van der Waals surface area (Å²) in [7, 11) is 0. The third-order valence-electron chi connectivity index (χ3n) is 7.02. The molecule has 0 saturated carbocycles. The second kappa shape index (κ2) is 16.1. The van der Waals surface area contributed by atoms with E-state index >= 15 is 0 Å². The number of nitrogens with zero attached hydrogens (tertiary/aromatic N) is 2. The lowest BCUT2D eigenvalue weighted by atomic mass is 10.0. The highest BCUT2D eigenvalue weighted by molar-refractivity contribution is 6.32. The van der Waals surface area contributed by atoms with Gasteiger partial charge in [0.2, 0.25) is 0 Å². The zero-order valence-corrected chi connectivity index (χ0v) is 27.0. The van der Waals surface area contributed by atoms with Crippen LogP contribution in [0.4, 0.5) is 0 Å². The minimum Gasteiger partial charge on any atom is -0.489 e. The normalized spacial score (nSPS) is 11.6. The molecule has 5 aromatic rings. The summed E-state index contributed by atoms with van der Waals surface area (Å²) < 4.78 is 13.7. The lowest BCUT2D eigenvalue weighted by Gasteiger charge is -2.20. The SMILES string of the molecule is CC.Cc1cccn2cc(-c3ccc(C[C@@H](CCOCc4ccccc4)NC(=O)c4ccc(OC(C)C)c(Cl)c4)cc3)nc12. The number of hydrogen-bond donors (Lipinski definition) is 1. The molecule has 6 nitrogen and oxygen atoms in total. The lowest BCUT2D eigenvalue weighted by molar-refractivity contribution is 0.0893. The van der Waals surface area contributed by atoms with Gasteiger partial charge in [0.25, 0.3) is 5.91 Å². The predicted octanol–water partition coefficient (Wildman–Crippen LogP) is 8.72. The number of pyridine rings is 1. The van der Waals surface area contributed by atoms with Gasteiger partial charge in [-0.25, -0.2) is 4.98 Å². The van der Waals surface area contributed by atoms with E-state index in [-0.39, 0.29) is 18.1 Å². The molecule has 0 aliphatic rings. The van der Waals surface area contributed by atoms with E-state index in [1.807, 2.05) is 80.9 Å². The van der Waals surface area contributed by atoms with Gasteiger partial charge in [-0.2, -0.15) is 0 Å². The van der Waals surface area contributed by atoms with Crippen LogP contribution in [0.2, 0.25) is 5.02 Å². The molecule has 44 heavy (non-hydrogen) atoms. The van der Waals surface area contributed by atoms with Crippen LogP contribution in [0.5, 0.6) is 5.75 Å². The van der Waals surface area contributed by atoms with E-state index in [9.17, 15) is 4.79 Å².